The maximum atomic E-state index is 12.4. The van der Waals surface area contributed by atoms with Crippen LogP contribution in [0.2, 0.25) is 0 Å². The lowest BCUT2D eigenvalue weighted by Crippen LogP contribution is -2.42. The largest absolute Gasteiger partial charge is 0.481 e. The van der Waals surface area contributed by atoms with Gasteiger partial charge in [0.15, 0.2) is 0 Å². The van der Waals surface area contributed by atoms with Crippen LogP contribution in [0.3, 0.4) is 0 Å². The Kier molecular flexibility index (Phi) is 4.50. The van der Waals surface area contributed by atoms with Crippen LogP contribution in [0.25, 0.3) is 0 Å². The molecule has 1 atom stereocenters. The predicted octanol–water partition coefficient (Wildman–Crippen LogP) is 1.54. The van der Waals surface area contributed by atoms with E-state index in [4.69, 9.17) is 0 Å². The van der Waals surface area contributed by atoms with Crippen LogP contribution < -0.4 is 0 Å². The zero-order valence-corrected chi connectivity index (χ0v) is 12.5. The summed E-state index contributed by atoms with van der Waals surface area (Å²) in [6, 6.07) is -0.129. The van der Waals surface area contributed by atoms with Crippen LogP contribution in [-0.2, 0) is 11.3 Å². The van der Waals surface area contributed by atoms with Crippen molar-refractivity contribution in [2.24, 2.45) is 5.41 Å². The van der Waals surface area contributed by atoms with E-state index in [9.17, 15) is 14.7 Å². The molecular weight excluding hydrogens is 272 g/mol. The highest BCUT2D eigenvalue weighted by molar-refractivity contribution is 5.79. The molecule has 1 fully saturated rings. The summed E-state index contributed by atoms with van der Waals surface area (Å²) in [6.07, 6.45) is 5.36. The number of rotatable bonds is 5. The minimum absolute atomic E-state index is 0.129. The standard InChI is InChI=1S/C14H22N4O3/c1-3-4-14(12(19)20)5-6-18(10-14)13(21)17(2)9-11-7-15-16-8-11/h7-8H,3-6,9-10H2,1-2H3,(H,15,16)(H,19,20). The first-order valence-corrected chi connectivity index (χ1v) is 7.19. The van der Waals surface area contributed by atoms with E-state index < -0.39 is 11.4 Å². The average molecular weight is 294 g/mol. The molecule has 7 nitrogen and oxygen atoms in total. The highest BCUT2D eigenvalue weighted by Crippen LogP contribution is 2.36. The summed E-state index contributed by atoms with van der Waals surface area (Å²) in [6.45, 7) is 3.23. The molecule has 0 aromatic carbocycles. The van der Waals surface area contributed by atoms with Crippen molar-refractivity contribution < 1.29 is 14.7 Å². The number of amides is 2. The Balaban J connectivity index is 1.99. The Bertz CT molecular complexity index is 502. The number of carboxylic acid groups (broad SMARTS) is 1. The van der Waals surface area contributed by atoms with Gasteiger partial charge in [0, 0.05) is 31.9 Å². The van der Waals surface area contributed by atoms with E-state index in [0.717, 1.165) is 12.0 Å². The lowest BCUT2D eigenvalue weighted by molar-refractivity contribution is -0.148. The summed E-state index contributed by atoms with van der Waals surface area (Å²) in [4.78, 5) is 27.2. The van der Waals surface area contributed by atoms with E-state index in [-0.39, 0.29) is 6.03 Å². The molecule has 1 saturated heterocycles. The molecule has 0 spiro atoms. The highest BCUT2D eigenvalue weighted by atomic mass is 16.4. The Morgan fingerprint density at radius 3 is 2.90 bits per heavy atom. The Morgan fingerprint density at radius 1 is 1.57 bits per heavy atom. The van der Waals surface area contributed by atoms with Gasteiger partial charge in [0.2, 0.25) is 0 Å². The summed E-state index contributed by atoms with van der Waals surface area (Å²) in [5.74, 6) is -0.794. The topological polar surface area (TPSA) is 89.5 Å². The van der Waals surface area contributed by atoms with Crippen LogP contribution in [0.5, 0.6) is 0 Å². The summed E-state index contributed by atoms with van der Waals surface area (Å²) in [7, 11) is 1.72. The zero-order chi connectivity index (χ0) is 15.5. The van der Waals surface area contributed by atoms with E-state index >= 15 is 0 Å². The minimum Gasteiger partial charge on any atom is -0.481 e. The van der Waals surface area contributed by atoms with Crippen molar-refractivity contribution in [2.45, 2.75) is 32.7 Å². The molecule has 2 heterocycles. The average Bonchev–Trinajstić information content (AvgIpc) is 3.08. The van der Waals surface area contributed by atoms with Gasteiger partial charge in [-0.3, -0.25) is 9.89 Å². The predicted molar refractivity (Wildman–Crippen MR) is 76.6 cm³/mol. The van der Waals surface area contributed by atoms with Gasteiger partial charge >= 0.3 is 12.0 Å². The van der Waals surface area contributed by atoms with Crippen LogP contribution >= 0.6 is 0 Å². The van der Waals surface area contributed by atoms with Gasteiger partial charge in [0.25, 0.3) is 0 Å². The third-order valence-electron chi connectivity index (χ3n) is 4.11. The minimum atomic E-state index is -0.794. The number of likely N-dealkylation sites (tertiary alicyclic amines) is 1. The number of H-pyrrole nitrogens is 1. The first kappa shape index (κ1) is 15.3. The van der Waals surface area contributed by atoms with Crippen molar-refractivity contribution in [3.05, 3.63) is 18.0 Å². The quantitative estimate of drug-likeness (QED) is 0.862. The smallest absolute Gasteiger partial charge is 0.320 e. The number of nitrogens with one attached hydrogen (secondary N) is 1. The lowest BCUT2D eigenvalue weighted by atomic mass is 9.83. The number of hydrogen-bond donors (Lipinski definition) is 2. The SMILES string of the molecule is CCCC1(C(=O)O)CCN(C(=O)N(C)Cc2cn[nH]c2)C1. The number of hydrogen-bond acceptors (Lipinski definition) is 3. The number of aromatic amines is 1. The van der Waals surface area contributed by atoms with Gasteiger partial charge in [0.05, 0.1) is 18.2 Å². The Labute approximate surface area is 123 Å². The number of urea groups is 1. The molecule has 2 N–H and O–H groups in total. The molecule has 1 aromatic rings. The summed E-state index contributed by atoms with van der Waals surface area (Å²) < 4.78 is 0. The molecule has 1 unspecified atom stereocenters. The second kappa shape index (κ2) is 6.15. The number of aromatic nitrogens is 2. The van der Waals surface area contributed by atoms with Gasteiger partial charge in [-0.1, -0.05) is 13.3 Å². The molecule has 2 amide bonds. The maximum absolute atomic E-state index is 12.4. The highest BCUT2D eigenvalue weighted by Gasteiger charge is 2.45. The molecule has 0 aliphatic carbocycles. The Morgan fingerprint density at radius 2 is 2.33 bits per heavy atom. The number of nitrogens with zero attached hydrogens (tertiary/aromatic N) is 3. The van der Waals surface area contributed by atoms with Crippen molar-refractivity contribution in [1.29, 1.82) is 0 Å². The molecule has 0 bridgehead atoms. The number of carboxylic acids is 1. The third-order valence-corrected chi connectivity index (χ3v) is 4.11. The zero-order valence-electron chi connectivity index (χ0n) is 12.5. The first-order chi connectivity index (χ1) is 9.98. The molecule has 1 aliphatic rings. The van der Waals surface area contributed by atoms with E-state index in [0.29, 0.717) is 32.5 Å². The fraction of sp³-hybridized carbons (Fsp3) is 0.643. The molecule has 116 valence electrons. The number of carbonyl (C=O) groups is 2. The van der Waals surface area contributed by atoms with Crippen molar-refractivity contribution in [3.63, 3.8) is 0 Å². The molecule has 1 aromatic heterocycles. The summed E-state index contributed by atoms with van der Waals surface area (Å²) in [5, 5.41) is 16.0. The van der Waals surface area contributed by atoms with Crippen LogP contribution in [0.1, 0.15) is 31.7 Å². The van der Waals surface area contributed by atoms with Crippen LogP contribution in [-0.4, -0.2) is 57.2 Å². The number of aliphatic carboxylic acids is 1. The number of carbonyl (C=O) groups excluding carboxylic acids is 1. The van der Waals surface area contributed by atoms with Gasteiger partial charge in [-0.05, 0) is 12.8 Å². The normalized spacial score (nSPS) is 21.5. The Hall–Kier alpha value is -2.05. The molecule has 1 aliphatic heterocycles. The molecule has 7 heteroatoms. The first-order valence-electron chi connectivity index (χ1n) is 7.19. The molecular formula is C14H22N4O3. The van der Waals surface area contributed by atoms with Gasteiger partial charge in [0.1, 0.15) is 0 Å². The molecule has 2 rings (SSSR count). The van der Waals surface area contributed by atoms with Crippen molar-refractivity contribution in [2.75, 3.05) is 20.1 Å². The van der Waals surface area contributed by atoms with E-state index in [1.807, 2.05) is 6.92 Å². The molecule has 0 saturated carbocycles. The van der Waals surface area contributed by atoms with Crippen LogP contribution in [0.15, 0.2) is 12.4 Å². The van der Waals surface area contributed by atoms with E-state index in [1.54, 1.807) is 29.2 Å². The second-order valence-electron chi connectivity index (χ2n) is 5.75. The monoisotopic (exact) mass is 294 g/mol. The molecule has 0 radical (unpaired) electrons. The van der Waals surface area contributed by atoms with Gasteiger partial charge in [-0.25, -0.2) is 4.79 Å². The van der Waals surface area contributed by atoms with Gasteiger partial charge in [-0.2, -0.15) is 5.10 Å². The van der Waals surface area contributed by atoms with Crippen molar-refractivity contribution >= 4 is 12.0 Å². The van der Waals surface area contributed by atoms with E-state index in [2.05, 4.69) is 10.2 Å². The molecule has 21 heavy (non-hydrogen) atoms. The van der Waals surface area contributed by atoms with Crippen LogP contribution in [0, 0.1) is 5.41 Å². The fourth-order valence-corrected chi connectivity index (χ4v) is 2.95. The van der Waals surface area contributed by atoms with Crippen molar-refractivity contribution in [1.82, 2.24) is 20.0 Å². The van der Waals surface area contributed by atoms with Gasteiger partial charge in [-0.15, -0.1) is 0 Å². The maximum Gasteiger partial charge on any atom is 0.320 e. The third kappa shape index (κ3) is 3.17. The van der Waals surface area contributed by atoms with Crippen LogP contribution in [0.4, 0.5) is 4.79 Å². The van der Waals surface area contributed by atoms with E-state index in [1.165, 1.54) is 0 Å². The second-order valence-corrected chi connectivity index (χ2v) is 5.75. The van der Waals surface area contributed by atoms with Gasteiger partial charge < -0.3 is 14.9 Å². The summed E-state index contributed by atoms with van der Waals surface area (Å²) in [5.41, 5.74) is 0.143. The lowest BCUT2D eigenvalue weighted by Gasteiger charge is -2.27. The fourth-order valence-electron chi connectivity index (χ4n) is 2.95. The van der Waals surface area contributed by atoms with Crippen molar-refractivity contribution in [3.8, 4) is 0 Å². The summed E-state index contributed by atoms with van der Waals surface area (Å²) >= 11 is 0.